The fraction of sp³-hybridized carbons (Fsp3) is 0.267. The van der Waals surface area contributed by atoms with Gasteiger partial charge in [0.1, 0.15) is 0 Å². The van der Waals surface area contributed by atoms with Gasteiger partial charge >= 0.3 is 6.18 Å². The molecule has 0 heterocycles. The fourth-order valence-corrected chi connectivity index (χ4v) is 1.05. The Morgan fingerprint density at radius 2 is 1.58 bits per heavy atom. The predicted molar refractivity (Wildman–Crippen MR) is 75.2 cm³/mol. The highest BCUT2D eigenvalue weighted by molar-refractivity contribution is 5.84. The highest BCUT2D eigenvalue weighted by atomic mass is 19.4. The van der Waals surface area contributed by atoms with Crippen LogP contribution >= 0.6 is 0 Å². The third-order valence-electron chi connectivity index (χ3n) is 2.13. The van der Waals surface area contributed by atoms with Gasteiger partial charge in [-0.2, -0.15) is 13.2 Å². The zero-order valence-electron chi connectivity index (χ0n) is 11.4. The van der Waals surface area contributed by atoms with Gasteiger partial charge in [-0.05, 0) is 12.5 Å². The Bertz CT molecular complexity index is 453. The van der Waals surface area contributed by atoms with Crippen LogP contribution in [0.2, 0.25) is 0 Å². The van der Waals surface area contributed by atoms with Gasteiger partial charge in [0, 0.05) is 6.21 Å². The fourth-order valence-electron chi connectivity index (χ4n) is 1.05. The molecular formula is C15H18F3N. The van der Waals surface area contributed by atoms with Gasteiger partial charge in [-0.15, -0.1) is 0 Å². The third kappa shape index (κ3) is 6.04. The lowest BCUT2D eigenvalue weighted by atomic mass is 10.1. The zero-order chi connectivity index (χ0) is 15.1. The lowest BCUT2D eigenvalue weighted by Gasteiger charge is -2.05. The van der Waals surface area contributed by atoms with Gasteiger partial charge in [-0.3, -0.25) is 4.99 Å². The number of rotatable bonds is 3. The maximum atomic E-state index is 12.1. The number of aryl methyl sites for hydroxylation is 1. The Kier molecular flexibility index (Phi) is 6.83. The Labute approximate surface area is 112 Å². The molecule has 0 atom stereocenters. The largest absolute Gasteiger partial charge is 0.417 e. The molecule has 0 aliphatic rings. The summed E-state index contributed by atoms with van der Waals surface area (Å²) in [5, 5.41) is 0. The molecule has 0 radical (unpaired) electrons. The van der Waals surface area contributed by atoms with E-state index in [1.54, 1.807) is 12.1 Å². The molecule has 0 N–H and O–H groups in total. The van der Waals surface area contributed by atoms with Crippen molar-refractivity contribution in [2.75, 3.05) is 0 Å². The number of alkyl halides is 3. The van der Waals surface area contributed by atoms with E-state index < -0.39 is 11.7 Å². The van der Waals surface area contributed by atoms with Gasteiger partial charge in [0.05, 0.1) is 11.3 Å². The maximum absolute atomic E-state index is 12.1. The summed E-state index contributed by atoms with van der Waals surface area (Å²) in [6.45, 7) is 12.4. The van der Waals surface area contributed by atoms with Crippen molar-refractivity contribution in [3.05, 3.63) is 54.1 Å². The minimum Gasteiger partial charge on any atom is -0.256 e. The van der Waals surface area contributed by atoms with Crippen molar-refractivity contribution in [2.24, 2.45) is 4.99 Å². The number of nitrogens with zero attached hydrogens (tertiary/aromatic N) is 1. The zero-order valence-corrected chi connectivity index (χ0v) is 11.4. The molecule has 104 valence electrons. The summed E-state index contributed by atoms with van der Waals surface area (Å²) < 4.78 is 36.4. The van der Waals surface area contributed by atoms with E-state index in [2.05, 4.69) is 18.2 Å². The molecule has 19 heavy (non-hydrogen) atoms. The normalized spacial score (nSPS) is 10.8. The second kappa shape index (κ2) is 7.56. The van der Waals surface area contributed by atoms with Crippen LogP contribution in [0.5, 0.6) is 0 Å². The molecule has 0 unspecified atom stereocenters. The van der Waals surface area contributed by atoms with Crippen LogP contribution < -0.4 is 0 Å². The van der Waals surface area contributed by atoms with Crippen LogP contribution in [0.4, 0.5) is 13.2 Å². The second-order valence-electron chi connectivity index (χ2n) is 3.59. The van der Waals surface area contributed by atoms with Crippen LogP contribution in [0.3, 0.4) is 0 Å². The lowest BCUT2D eigenvalue weighted by Crippen LogP contribution is -2.11. The van der Waals surface area contributed by atoms with E-state index in [0.29, 0.717) is 11.8 Å². The van der Waals surface area contributed by atoms with Gasteiger partial charge in [0.15, 0.2) is 0 Å². The molecule has 1 aromatic carbocycles. The molecule has 0 amide bonds. The van der Waals surface area contributed by atoms with Crippen molar-refractivity contribution in [2.45, 2.75) is 26.9 Å². The lowest BCUT2D eigenvalue weighted by molar-refractivity contribution is -0.0852. The van der Waals surface area contributed by atoms with E-state index in [4.69, 9.17) is 0 Å². The molecule has 0 aliphatic heterocycles. The molecule has 1 rings (SSSR count). The predicted octanol–water partition coefficient (Wildman–Crippen LogP) is 5.18. The molecule has 0 aromatic heterocycles. The van der Waals surface area contributed by atoms with Gasteiger partial charge in [-0.1, -0.05) is 56.8 Å². The number of benzene rings is 1. The Hall–Kier alpha value is -1.84. The summed E-state index contributed by atoms with van der Waals surface area (Å²) in [5.41, 5.74) is 1.02. The van der Waals surface area contributed by atoms with E-state index in [-0.39, 0.29) is 5.70 Å². The van der Waals surface area contributed by atoms with Crippen LogP contribution in [0.25, 0.3) is 5.70 Å². The summed E-state index contributed by atoms with van der Waals surface area (Å²) in [4.78, 5) is 3.65. The molecule has 0 fully saturated rings. The third-order valence-corrected chi connectivity index (χ3v) is 2.13. The standard InChI is InChI=1S/C13H12F3N.C2H6/c1-9-4-6-12(7-5-9)11(3)17-8-10(2)13(14,15)16;1-2/h4-8H,2-3H2,1H3;1-2H3. The molecule has 0 aliphatic carbocycles. The molecule has 0 spiro atoms. The summed E-state index contributed by atoms with van der Waals surface area (Å²) in [7, 11) is 0. The minimum atomic E-state index is -4.45. The van der Waals surface area contributed by atoms with E-state index in [1.165, 1.54) is 0 Å². The number of halogens is 3. The Morgan fingerprint density at radius 1 is 1.11 bits per heavy atom. The monoisotopic (exact) mass is 269 g/mol. The number of aliphatic imine (C=N–C) groups is 1. The average Bonchev–Trinajstić information content (AvgIpc) is 2.37. The Morgan fingerprint density at radius 3 is 2.00 bits per heavy atom. The van der Waals surface area contributed by atoms with E-state index in [0.717, 1.165) is 5.56 Å². The quantitative estimate of drug-likeness (QED) is 0.670. The van der Waals surface area contributed by atoms with Gasteiger partial charge in [-0.25, -0.2) is 0 Å². The first kappa shape index (κ1) is 17.2. The summed E-state index contributed by atoms with van der Waals surface area (Å²) in [6.07, 6.45) is -3.76. The Balaban J connectivity index is 0.00000154. The molecule has 0 saturated heterocycles. The van der Waals surface area contributed by atoms with Crippen molar-refractivity contribution in [1.82, 2.24) is 0 Å². The topological polar surface area (TPSA) is 12.4 Å². The van der Waals surface area contributed by atoms with Crippen LogP contribution in [0.15, 0.2) is 48.0 Å². The van der Waals surface area contributed by atoms with Gasteiger partial charge in [0.2, 0.25) is 0 Å². The van der Waals surface area contributed by atoms with E-state index >= 15 is 0 Å². The van der Waals surface area contributed by atoms with Crippen LogP contribution in [-0.4, -0.2) is 12.4 Å². The average molecular weight is 269 g/mol. The maximum Gasteiger partial charge on any atom is 0.417 e. The molecule has 4 heteroatoms. The number of hydrogen-bond donors (Lipinski definition) is 0. The van der Waals surface area contributed by atoms with Crippen molar-refractivity contribution in [3.8, 4) is 0 Å². The summed E-state index contributed by atoms with van der Waals surface area (Å²) >= 11 is 0. The summed E-state index contributed by atoms with van der Waals surface area (Å²) in [5.74, 6) is 0. The highest BCUT2D eigenvalue weighted by Gasteiger charge is 2.30. The molecule has 0 saturated carbocycles. The van der Waals surface area contributed by atoms with Crippen LogP contribution in [-0.2, 0) is 0 Å². The van der Waals surface area contributed by atoms with Gasteiger partial charge in [0.25, 0.3) is 0 Å². The van der Waals surface area contributed by atoms with Crippen LogP contribution in [0.1, 0.15) is 25.0 Å². The minimum absolute atomic E-state index is 0.274. The first-order chi connectivity index (χ1) is 8.80. The second-order valence-corrected chi connectivity index (χ2v) is 3.59. The summed E-state index contributed by atoms with van der Waals surface area (Å²) in [6, 6.07) is 7.19. The molecular weight excluding hydrogens is 251 g/mol. The molecule has 0 bridgehead atoms. The van der Waals surface area contributed by atoms with E-state index in [1.807, 2.05) is 32.9 Å². The van der Waals surface area contributed by atoms with E-state index in [9.17, 15) is 13.2 Å². The van der Waals surface area contributed by atoms with Crippen molar-refractivity contribution >= 4 is 11.9 Å². The van der Waals surface area contributed by atoms with Crippen molar-refractivity contribution in [1.29, 1.82) is 0 Å². The van der Waals surface area contributed by atoms with Crippen LogP contribution in [0, 0.1) is 6.92 Å². The van der Waals surface area contributed by atoms with Gasteiger partial charge < -0.3 is 0 Å². The highest BCUT2D eigenvalue weighted by Crippen LogP contribution is 2.23. The number of allylic oxidation sites excluding steroid dienone is 1. The number of hydrogen-bond acceptors (Lipinski definition) is 1. The van der Waals surface area contributed by atoms with Crippen molar-refractivity contribution < 1.29 is 13.2 Å². The molecule has 1 nitrogen and oxygen atoms in total. The SMILES string of the molecule is C=C(N=CC(=C)C(F)(F)F)c1ccc(C)cc1.CC. The van der Waals surface area contributed by atoms with Crippen molar-refractivity contribution in [3.63, 3.8) is 0 Å². The molecule has 1 aromatic rings. The first-order valence-electron chi connectivity index (χ1n) is 5.87. The smallest absolute Gasteiger partial charge is 0.256 e. The first-order valence-corrected chi connectivity index (χ1v) is 5.87.